The van der Waals surface area contributed by atoms with Crippen molar-refractivity contribution in [2.75, 3.05) is 4.81 Å². The average molecular weight is 817 g/mol. The van der Waals surface area contributed by atoms with Gasteiger partial charge in [-0.3, -0.25) is 9.97 Å². The zero-order valence-corrected chi connectivity index (χ0v) is 34.6. The van der Waals surface area contributed by atoms with Gasteiger partial charge in [0.1, 0.15) is 11.4 Å². The zero-order chi connectivity index (χ0) is 42.4. The molecule has 2 aliphatic rings. The lowest BCUT2D eigenvalue weighted by Gasteiger charge is -2.38. The summed E-state index contributed by atoms with van der Waals surface area (Å²) in [6.07, 6.45) is 9.97. The van der Waals surface area contributed by atoms with Crippen LogP contribution in [-0.2, 0) is 0 Å². The molecule has 64 heavy (non-hydrogen) atoms. The number of aromatic nitrogens is 5. The third-order valence-electron chi connectivity index (χ3n) is 12.3. The summed E-state index contributed by atoms with van der Waals surface area (Å²) >= 11 is 0. The van der Waals surface area contributed by atoms with Gasteiger partial charge in [-0.25, -0.2) is 15.0 Å². The lowest BCUT2D eigenvalue weighted by Crippen LogP contribution is -2.50. The van der Waals surface area contributed by atoms with Crippen LogP contribution < -0.4 is 10.3 Å². The van der Waals surface area contributed by atoms with Gasteiger partial charge in [-0.2, -0.15) is 0 Å². The first-order valence-corrected chi connectivity index (χ1v) is 21.5. The Hall–Kier alpha value is -8.55. The monoisotopic (exact) mass is 816 g/mol. The van der Waals surface area contributed by atoms with E-state index in [9.17, 15) is 0 Å². The van der Waals surface area contributed by atoms with Crippen LogP contribution >= 0.6 is 0 Å². The summed E-state index contributed by atoms with van der Waals surface area (Å²) in [6.45, 7) is -0.0548. The molecule has 0 saturated carbocycles. The Kier molecular flexibility index (Phi) is 9.15. The van der Waals surface area contributed by atoms with E-state index in [0.29, 0.717) is 28.9 Å². The van der Waals surface area contributed by atoms with Gasteiger partial charge in [0.05, 0.1) is 0 Å². The van der Waals surface area contributed by atoms with Crippen molar-refractivity contribution >= 4 is 28.8 Å². The maximum Gasteiger partial charge on any atom is 0.321 e. The minimum absolute atomic E-state index is 0.0548. The summed E-state index contributed by atoms with van der Waals surface area (Å²) in [5.41, 5.74) is 16.4. The molecule has 0 atom stereocenters. The molecule has 2 aliphatic heterocycles. The summed E-state index contributed by atoms with van der Waals surface area (Å²) in [5, 5.41) is 2.49. The molecule has 0 fully saturated rings. The molecule has 0 N–H and O–H groups in total. The molecular formula is C57H37BN6. The second-order valence-corrected chi connectivity index (χ2v) is 16.1. The summed E-state index contributed by atoms with van der Waals surface area (Å²) in [6, 6.07) is 66.6. The number of anilines is 1. The Morgan fingerprint density at radius 2 is 0.953 bits per heavy atom. The van der Waals surface area contributed by atoms with Crippen molar-refractivity contribution in [2.45, 2.75) is 0 Å². The van der Waals surface area contributed by atoms with Crippen LogP contribution in [0, 0.1) is 0 Å². The van der Waals surface area contributed by atoms with Gasteiger partial charge in [-0.1, -0.05) is 158 Å². The van der Waals surface area contributed by atoms with E-state index < -0.39 is 0 Å². The zero-order valence-electron chi connectivity index (χ0n) is 34.6. The highest BCUT2D eigenvalue weighted by Gasteiger charge is 2.36. The number of nitrogens with zero attached hydrogens (tertiary/aromatic N) is 6. The van der Waals surface area contributed by atoms with Crippen molar-refractivity contribution in [2.24, 2.45) is 0 Å². The van der Waals surface area contributed by atoms with Gasteiger partial charge in [0.25, 0.3) is 0 Å². The molecule has 5 heterocycles. The van der Waals surface area contributed by atoms with Gasteiger partial charge >= 0.3 is 6.85 Å². The van der Waals surface area contributed by atoms with Crippen LogP contribution in [0.2, 0.25) is 0 Å². The average Bonchev–Trinajstić information content (AvgIpc) is 3.39. The Bertz CT molecular complexity index is 3360. The molecule has 0 saturated heterocycles. The van der Waals surface area contributed by atoms with E-state index in [0.717, 1.165) is 27.9 Å². The molecule has 0 radical (unpaired) electrons. The lowest BCUT2D eigenvalue weighted by atomic mass is 9.48. The molecule has 0 aliphatic carbocycles. The van der Waals surface area contributed by atoms with Crippen LogP contribution in [0.5, 0.6) is 0 Å². The van der Waals surface area contributed by atoms with Crippen LogP contribution in [0.4, 0.5) is 5.69 Å². The highest BCUT2D eigenvalue weighted by molar-refractivity contribution is 6.85. The molecular weight excluding hydrogens is 779 g/mol. The van der Waals surface area contributed by atoms with E-state index in [1.807, 2.05) is 36.4 Å². The second kappa shape index (κ2) is 15.7. The Labute approximate surface area is 371 Å². The molecule has 10 aromatic rings. The standard InChI is InChI=1S/C57H37BN6/c1-2-13-38(14-3-1)39-21-27-43(28-22-39)49-35-45(40-23-25-42(26-24-40)47-18-12-16-41-15-4-5-17-46(41)47)36-50-48-30-29-44(37-53(48)64-34-11-8-31-58(64)54(49)50)55-61-56(51-19-6-9-32-59-51)63-57(62-55)52-20-7-10-33-60-52/h1-37H. The molecule has 6 nitrogen and oxygen atoms in total. The first-order chi connectivity index (χ1) is 31.7. The largest absolute Gasteiger partial charge is 0.383 e. The normalized spacial score (nSPS) is 12.5. The molecule has 7 heteroatoms. The van der Waals surface area contributed by atoms with E-state index in [-0.39, 0.29) is 6.85 Å². The van der Waals surface area contributed by atoms with E-state index in [1.165, 1.54) is 55.2 Å². The maximum absolute atomic E-state index is 5.02. The van der Waals surface area contributed by atoms with E-state index >= 15 is 0 Å². The number of hydrogen-bond acceptors (Lipinski definition) is 6. The molecule has 7 aromatic carbocycles. The van der Waals surface area contributed by atoms with E-state index in [1.54, 1.807) is 12.4 Å². The predicted octanol–water partition coefficient (Wildman–Crippen LogP) is 12.8. The number of pyridine rings is 2. The minimum atomic E-state index is -0.0548. The minimum Gasteiger partial charge on any atom is -0.383 e. The van der Waals surface area contributed by atoms with Crippen molar-refractivity contribution < 1.29 is 0 Å². The Morgan fingerprint density at radius 3 is 1.67 bits per heavy atom. The highest BCUT2D eigenvalue weighted by Crippen LogP contribution is 2.43. The van der Waals surface area contributed by atoms with E-state index in [2.05, 4.69) is 191 Å². The fourth-order valence-electron chi connectivity index (χ4n) is 9.19. The van der Waals surface area contributed by atoms with Crippen LogP contribution in [0.3, 0.4) is 0 Å². The fraction of sp³-hybridized carbons (Fsp3) is 0. The number of hydrogen-bond donors (Lipinski definition) is 0. The van der Waals surface area contributed by atoms with Gasteiger partial charge in [-0.15, -0.1) is 0 Å². The summed E-state index contributed by atoms with van der Waals surface area (Å²) in [4.78, 5) is 26.4. The van der Waals surface area contributed by atoms with E-state index in [4.69, 9.17) is 15.0 Å². The quantitative estimate of drug-likeness (QED) is 0.149. The van der Waals surface area contributed by atoms with Crippen LogP contribution in [0.1, 0.15) is 0 Å². The SMILES string of the molecule is C1=CB2c3c(-c4ccc(-c5ccccc5)cc4)cc(-c4ccc(-c5cccc6ccccc56)cc4)cc3-c3ccc(-c4nc(-c5ccccn5)nc(-c5ccccn5)n4)cc3N2C=C1. The Balaban J connectivity index is 1.03. The molecule has 0 unspecified atom stereocenters. The highest BCUT2D eigenvalue weighted by atomic mass is 15.1. The fourth-order valence-corrected chi connectivity index (χ4v) is 9.19. The Morgan fingerprint density at radius 1 is 0.375 bits per heavy atom. The third kappa shape index (κ3) is 6.67. The van der Waals surface area contributed by atoms with Crippen molar-refractivity contribution in [1.82, 2.24) is 24.9 Å². The van der Waals surface area contributed by atoms with Gasteiger partial charge in [-0.05, 0) is 121 Å². The van der Waals surface area contributed by atoms with Crippen LogP contribution in [0.25, 0.3) is 101 Å². The summed E-state index contributed by atoms with van der Waals surface area (Å²) in [5.74, 6) is 3.84. The van der Waals surface area contributed by atoms with Crippen molar-refractivity contribution in [1.29, 1.82) is 0 Å². The lowest BCUT2D eigenvalue weighted by molar-refractivity contribution is 1.05. The van der Waals surface area contributed by atoms with Crippen LogP contribution in [0.15, 0.2) is 225 Å². The molecule has 3 aromatic heterocycles. The maximum atomic E-state index is 5.02. The molecule has 12 rings (SSSR count). The topological polar surface area (TPSA) is 67.7 Å². The van der Waals surface area contributed by atoms with Gasteiger partial charge < -0.3 is 4.81 Å². The number of fused-ring (bicyclic) bond motifs is 7. The third-order valence-corrected chi connectivity index (χ3v) is 12.3. The number of allylic oxidation sites excluding steroid dienone is 2. The van der Waals surface area contributed by atoms with Gasteiger partial charge in [0.2, 0.25) is 0 Å². The second-order valence-electron chi connectivity index (χ2n) is 16.1. The molecule has 0 spiro atoms. The van der Waals surface area contributed by atoms with Crippen molar-refractivity contribution in [3.05, 3.63) is 225 Å². The summed E-state index contributed by atoms with van der Waals surface area (Å²) < 4.78 is 0. The smallest absolute Gasteiger partial charge is 0.321 e. The molecule has 0 amide bonds. The molecule has 0 bridgehead atoms. The predicted molar refractivity (Wildman–Crippen MR) is 263 cm³/mol. The van der Waals surface area contributed by atoms with Crippen molar-refractivity contribution in [3.8, 4) is 90.1 Å². The summed E-state index contributed by atoms with van der Waals surface area (Å²) in [7, 11) is 0. The first kappa shape index (κ1) is 37.2. The number of rotatable bonds is 7. The number of benzene rings is 7. The van der Waals surface area contributed by atoms with Gasteiger partial charge in [0, 0.05) is 29.2 Å². The first-order valence-electron chi connectivity index (χ1n) is 21.5. The molecule has 298 valence electrons. The van der Waals surface area contributed by atoms with Crippen LogP contribution in [-0.4, -0.2) is 31.8 Å². The van der Waals surface area contributed by atoms with Crippen molar-refractivity contribution in [3.63, 3.8) is 0 Å². The van der Waals surface area contributed by atoms with Gasteiger partial charge in [0.15, 0.2) is 17.5 Å².